The van der Waals surface area contributed by atoms with Gasteiger partial charge in [-0.3, -0.25) is 4.90 Å². The van der Waals surface area contributed by atoms with Crippen LogP contribution in [0, 0.1) is 0 Å². The van der Waals surface area contributed by atoms with Crippen LogP contribution in [-0.4, -0.2) is 37.4 Å². The molecule has 2 aromatic rings. The Balaban J connectivity index is 1.98. The van der Waals surface area contributed by atoms with Gasteiger partial charge >= 0.3 is 12.1 Å². The predicted molar refractivity (Wildman–Crippen MR) is 116 cm³/mol. The molecule has 0 N–H and O–H groups in total. The first-order valence-corrected chi connectivity index (χ1v) is 10.00. The van der Waals surface area contributed by atoms with E-state index < -0.39 is 17.7 Å². The topological polar surface area (TPSA) is 65.1 Å². The van der Waals surface area contributed by atoms with Gasteiger partial charge in [0, 0.05) is 6.08 Å². The molecule has 1 heterocycles. The summed E-state index contributed by atoms with van der Waals surface area (Å²) in [6.45, 7) is 8.34. The van der Waals surface area contributed by atoms with Gasteiger partial charge in [0.2, 0.25) is 0 Å². The summed E-state index contributed by atoms with van der Waals surface area (Å²) in [5.41, 5.74) is 2.44. The summed E-state index contributed by atoms with van der Waals surface area (Å²) < 4.78 is 16.4. The van der Waals surface area contributed by atoms with Crippen LogP contribution in [0.5, 0.6) is 5.75 Å². The summed E-state index contributed by atoms with van der Waals surface area (Å²) in [5, 5.41) is 0. The van der Waals surface area contributed by atoms with E-state index in [1.807, 2.05) is 69.3 Å². The zero-order valence-electron chi connectivity index (χ0n) is 17.8. The summed E-state index contributed by atoms with van der Waals surface area (Å²) >= 11 is 0. The van der Waals surface area contributed by atoms with Gasteiger partial charge in [-0.05, 0) is 56.5 Å². The second-order valence-corrected chi connectivity index (χ2v) is 7.84. The lowest BCUT2D eigenvalue weighted by atomic mass is 9.96. The third-order valence-corrected chi connectivity index (χ3v) is 4.38. The Morgan fingerprint density at radius 1 is 1.10 bits per heavy atom. The number of benzene rings is 2. The van der Waals surface area contributed by atoms with E-state index in [2.05, 4.69) is 0 Å². The Hall–Kier alpha value is -3.28. The van der Waals surface area contributed by atoms with Crippen molar-refractivity contribution in [3.63, 3.8) is 0 Å². The molecule has 0 aromatic heterocycles. The largest absolute Gasteiger partial charge is 0.490 e. The molecule has 0 atom stereocenters. The molecule has 3 rings (SSSR count). The van der Waals surface area contributed by atoms with Crippen LogP contribution in [0.1, 0.15) is 38.8 Å². The van der Waals surface area contributed by atoms with Gasteiger partial charge in [-0.1, -0.05) is 36.4 Å². The van der Waals surface area contributed by atoms with E-state index in [-0.39, 0.29) is 0 Å². The fourth-order valence-electron chi connectivity index (χ4n) is 3.15. The highest BCUT2D eigenvalue weighted by molar-refractivity contribution is 5.97. The van der Waals surface area contributed by atoms with Crippen molar-refractivity contribution < 1.29 is 23.8 Å². The zero-order valence-corrected chi connectivity index (χ0v) is 17.8. The van der Waals surface area contributed by atoms with Gasteiger partial charge in [0.15, 0.2) is 0 Å². The van der Waals surface area contributed by atoms with E-state index in [0.29, 0.717) is 31.2 Å². The molecule has 0 aliphatic carbocycles. The molecule has 0 spiro atoms. The van der Waals surface area contributed by atoms with E-state index in [4.69, 9.17) is 14.2 Å². The van der Waals surface area contributed by atoms with Crippen LogP contribution in [-0.2, 0) is 14.3 Å². The van der Waals surface area contributed by atoms with Crippen LogP contribution < -0.4 is 9.64 Å². The quantitative estimate of drug-likeness (QED) is 0.535. The molecule has 0 saturated carbocycles. The van der Waals surface area contributed by atoms with Gasteiger partial charge in [0.1, 0.15) is 18.0 Å². The lowest BCUT2D eigenvalue weighted by Gasteiger charge is -2.32. The van der Waals surface area contributed by atoms with E-state index in [0.717, 1.165) is 16.7 Å². The highest BCUT2D eigenvalue weighted by Gasteiger charge is 2.28. The Morgan fingerprint density at radius 3 is 2.50 bits per heavy atom. The van der Waals surface area contributed by atoms with Gasteiger partial charge in [0.05, 0.1) is 18.8 Å². The van der Waals surface area contributed by atoms with Crippen molar-refractivity contribution in [2.75, 3.05) is 24.7 Å². The molecule has 1 aliphatic heterocycles. The molecule has 0 radical (unpaired) electrons. The fourth-order valence-corrected chi connectivity index (χ4v) is 3.15. The molecule has 0 saturated heterocycles. The number of anilines is 1. The highest BCUT2D eigenvalue weighted by Crippen LogP contribution is 2.36. The van der Waals surface area contributed by atoms with Crippen LogP contribution in [0.15, 0.2) is 54.6 Å². The van der Waals surface area contributed by atoms with Crippen LogP contribution >= 0.6 is 0 Å². The molecular weight excluding hydrogens is 382 g/mol. The van der Waals surface area contributed by atoms with Gasteiger partial charge in [0.25, 0.3) is 0 Å². The third kappa shape index (κ3) is 5.20. The molecule has 0 fully saturated rings. The standard InChI is InChI=1S/C24H27NO5/c1-5-28-22(26)16-19(17-9-7-6-8-10-17)18-11-12-20-21(15-18)29-14-13-25(20)23(27)30-24(2,3)4/h6-12,15-16H,5,13-14H2,1-4H3/b19-16-. The first kappa shape index (κ1) is 21.4. The number of ether oxygens (including phenoxy) is 3. The molecule has 1 amide bonds. The van der Waals surface area contributed by atoms with Crippen molar-refractivity contribution in [2.45, 2.75) is 33.3 Å². The third-order valence-electron chi connectivity index (χ3n) is 4.38. The molecule has 6 nitrogen and oxygen atoms in total. The Morgan fingerprint density at radius 2 is 1.83 bits per heavy atom. The lowest BCUT2D eigenvalue weighted by Crippen LogP contribution is -2.41. The van der Waals surface area contributed by atoms with E-state index >= 15 is 0 Å². The van der Waals surface area contributed by atoms with Crippen LogP contribution in [0.4, 0.5) is 10.5 Å². The van der Waals surface area contributed by atoms with Crippen molar-refractivity contribution in [1.82, 2.24) is 0 Å². The summed E-state index contributed by atoms with van der Waals surface area (Å²) in [5.74, 6) is 0.153. The van der Waals surface area contributed by atoms with Gasteiger partial charge in [-0.2, -0.15) is 0 Å². The SMILES string of the molecule is CCOC(=O)/C=C(/c1ccccc1)c1ccc2c(c1)OCCN2C(=O)OC(C)(C)C. The Labute approximate surface area is 177 Å². The number of carbonyl (C=O) groups is 2. The minimum absolute atomic E-state index is 0.301. The maximum atomic E-state index is 12.6. The minimum atomic E-state index is -0.585. The van der Waals surface area contributed by atoms with E-state index in [1.165, 1.54) is 6.08 Å². The molecule has 0 unspecified atom stereocenters. The number of hydrogen-bond donors (Lipinski definition) is 0. The maximum absolute atomic E-state index is 12.6. The van der Waals surface area contributed by atoms with Gasteiger partial charge < -0.3 is 14.2 Å². The fraction of sp³-hybridized carbons (Fsp3) is 0.333. The van der Waals surface area contributed by atoms with Crippen LogP contribution in [0.3, 0.4) is 0 Å². The van der Waals surface area contributed by atoms with Gasteiger partial charge in [-0.25, -0.2) is 9.59 Å². The number of rotatable bonds is 4. The summed E-state index contributed by atoms with van der Waals surface area (Å²) in [7, 11) is 0. The van der Waals surface area contributed by atoms with Crippen molar-refractivity contribution in [1.29, 1.82) is 0 Å². The van der Waals surface area contributed by atoms with Crippen molar-refractivity contribution in [3.8, 4) is 5.75 Å². The first-order chi connectivity index (χ1) is 14.3. The number of fused-ring (bicyclic) bond motifs is 1. The average molecular weight is 409 g/mol. The number of hydrogen-bond acceptors (Lipinski definition) is 5. The number of amides is 1. The summed E-state index contributed by atoms with van der Waals surface area (Å²) in [4.78, 5) is 26.3. The van der Waals surface area contributed by atoms with Crippen LogP contribution in [0.2, 0.25) is 0 Å². The van der Waals surface area contributed by atoms with E-state index in [9.17, 15) is 9.59 Å². The van der Waals surface area contributed by atoms with Crippen LogP contribution in [0.25, 0.3) is 5.57 Å². The second kappa shape index (κ2) is 9.03. The zero-order chi connectivity index (χ0) is 21.7. The Kier molecular flexibility index (Phi) is 6.45. The Bertz CT molecular complexity index is 944. The summed E-state index contributed by atoms with van der Waals surface area (Å²) in [6.07, 6.45) is 1.07. The molecule has 158 valence electrons. The molecule has 1 aliphatic rings. The molecular formula is C24H27NO5. The molecule has 2 aromatic carbocycles. The summed E-state index contributed by atoms with van der Waals surface area (Å²) in [6, 6.07) is 15.1. The number of carbonyl (C=O) groups excluding carboxylic acids is 2. The first-order valence-electron chi connectivity index (χ1n) is 10.00. The van der Waals surface area contributed by atoms with Gasteiger partial charge in [-0.15, -0.1) is 0 Å². The monoisotopic (exact) mass is 409 g/mol. The maximum Gasteiger partial charge on any atom is 0.415 e. The molecule has 0 bridgehead atoms. The van der Waals surface area contributed by atoms with Crippen molar-refractivity contribution in [2.24, 2.45) is 0 Å². The van der Waals surface area contributed by atoms with Crippen molar-refractivity contribution >= 4 is 23.3 Å². The normalized spacial score (nSPS) is 13.9. The van der Waals surface area contributed by atoms with E-state index in [1.54, 1.807) is 11.8 Å². The molecule has 30 heavy (non-hydrogen) atoms. The van der Waals surface area contributed by atoms with Crippen molar-refractivity contribution in [3.05, 3.63) is 65.7 Å². The predicted octanol–water partition coefficient (Wildman–Crippen LogP) is 4.82. The lowest BCUT2D eigenvalue weighted by molar-refractivity contribution is -0.137. The number of esters is 1. The highest BCUT2D eigenvalue weighted by atomic mass is 16.6. The number of nitrogens with zero attached hydrogens (tertiary/aromatic N) is 1. The smallest absolute Gasteiger partial charge is 0.415 e. The average Bonchev–Trinajstić information content (AvgIpc) is 2.70. The minimum Gasteiger partial charge on any atom is -0.490 e. The molecule has 6 heteroatoms. The second-order valence-electron chi connectivity index (χ2n) is 7.84.